The molecule has 0 aromatic carbocycles. The van der Waals surface area contributed by atoms with E-state index in [9.17, 15) is 9.59 Å². The molecule has 100 valence electrons. The molecule has 1 aliphatic rings. The van der Waals surface area contributed by atoms with Crippen LogP contribution in [0.5, 0.6) is 0 Å². The number of hydrogen-bond acceptors (Lipinski definition) is 4. The first-order valence-electron chi connectivity index (χ1n) is 6.62. The Morgan fingerprint density at radius 1 is 1.29 bits per heavy atom. The zero-order valence-corrected chi connectivity index (χ0v) is 11.3. The molecule has 0 bridgehead atoms. The highest BCUT2D eigenvalue weighted by Gasteiger charge is 2.18. The molecule has 1 fully saturated rings. The minimum Gasteiger partial charge on any atom is -0.465 e. The summed E-state index contributed by atoms with van der Waals surface area (Å²) in [7, 11) is 0. The fourth-order valence-electron chi connectivity index (χ4n) is 1.52. The first kappa shape index (κ1) is 16.1. The number of nitrogens with zero attached hydrogens (tertiary/aromatic N) is 1. The van der Waals surface area contributed by atoms with Crippen molar-refractivity contribution in [3.05, 3.63) is 0 Å². The number of ketones is 1. The van der Waals surface area contributed by atoms with Gasteiger partial charge in [0.1, 0.15) is 5.78 Å². The van der Waals surface area contributed by atoms with Gasteiger partial charge in [0, 0.05) is 25.9 Å². The number of esters is 1. The zero-order valence-electron chi connectivity index (χ0n) is 11.3. The quantitative estimate of drug-likeness (QED) is 0.547. The fraction of sp³-hybridized carbons (Fsp3) is 0.846. The molecule has 0 saturated carbocycles. The molecular formula is C13H25NO3. The van der Waals surface area contributed by atoms with Gasteiger partial charge < -0.3 is 4.74 Å². The molecular weight excluding hydrogens is 218 g/mol. The average molecular weight is 243 g/mol. The molecule has 0 radical (unpaired) electrons. The Morgan fingerprint density at radius 3 is 2.41 bits per heavy atom. The van der Waals surface area contributed by atoms with E-state index in [4.69, 9.17) is 4.74 Å². The van der Waals surface area contributed by atoms with E-state index in [1.54, 1.807) is 0 Å². The van der Waals surface area contributed by atoms with E-state index in [1.807, 2.05) is 18.7 Å². The summed E-state index contributed by atoms with van der Waals surface area (Å²) < 4.78 is 5.05. The van der Waals surface area contributed by atoms with E-state index in [0.717, 1.165) is 12.8 Å². The molecule has 1 aliphatic heterocycles. The number of Topliss-reactive ketones (excluding diaryl/α,β-unsaturated/α-hetero) is 1. The van der Waals surface area contributed by atoms with E-state index < -0.39 is 0 Å². The third kappa shape index (κ3) is 7.91. The molecule has 0 aromatic rings. The van der Waals surface area contributed by atoms with Crippen LogP contribution in [0.1, 0.15) is 46.5 Å². The van der Waals surface area contributed by atoms with Crippen LogP contribution in [0.3, 0.4) is 0 Å². The number of ether oxygens (including phenoxy) is 1. The van der Waals surface area contributed by atoms with Gasteiger partial charge in [0.25, 0.3) is 0 Å². The van der Waals surface area contributed by atoms with Gasteiger partial charge in [-0.15, -0.1) is 0 Å². The molecule has 0 aromatic heterocycles. The molecule has 4 heteroatoms. The summed E-state index contributed by atoms with van der Waals surface area (Å²) in [6, 6.07) is 0. The standard InChI is InChI=1S/C11H19NO3.C2H6/c1-2-3-8-15-11(14)9-12-6-4-10(13)5-7-12;1-2/h2-9H2,1H3;1-2H3. The fourth-order valence-corrected chi connectivity index (χ4v) is 1.52. The van der Waals surface area contributed by atoms with Crippen molar-refractivity contribution in [1.29, 1.82) is 0 Å². The Balaban J connectivity index is 0.00000121. The molecule has 0 atom stereocenters. The molecule has 4 nitrogen and oxygen atoms in total. The Bertz CT molecular complexity index is 219. The van der Waals surface area contributed by atoms with Gasteiger partial charge in [-0.25, -0.2) is 0 Å². The van der Waals surface area contributed by atoms with Crippen molar-refractivity contribution in [3.63, 3.8) is 0 Å². The molecule has 1 heterocycles. The predicted octanol–water partition coefficient (Wildman–Crippen LogP) is 2.02. The zero-order chi connectivity index (χ0) is 13.1. The first-order valence-corrected chi connectivity index (χ1v) is 6.62. The molecule has 0 unspecified atom stereocenters. The van der Waals surface area contributed by atoms with E-state index in [1.165, 1.54) is 0 Å². The Hall–Kier alpha value is -0.900. The molecule has 0 amide bonds. The third-order valence-electron chi connectivity index (χ3n) is 2.53. The van der Waals surface area contributed by atoms with Gasteiger partial charge in [0.2, 0.25) is 0 Å². The van der Waals surface area contributed by atoms with Gasteiger partial charge in [0.05, 0.1) is 13.2 Å². The van der Waals surface area contributed by atoms with Gasteiger partial charge in [-0.1, -0.05) is 27.2 Å². The van der Waals surface area contributed by atoms with E-state index in [-0.39, 0.29) is 5.97 Å². The molecule has 17 heavy (non-hydrogen) atoms. The number of hydrogen-bond donors (Lipinski definition) is 0. The molecule has 0 aliphatic carbocycles. The second-order valence-electron chi connectivity index (χ2n) is 3.89. The lowest BCUT2D eigenvalue weighted by Crippen LogP contribution is -2.38. The van der Waals surface area contributed by atoms with Crippen LogP contribution in [0.15, 0.2) is 0 Å². The summed E-state index contributed by atoms with van der Waals surface area (Å²) >= 11 is 0. The third-order valence-corrected chi connectivity index (χ3v) is 2.53. The van der Waals surface area contributed by atoms with Crippen LogP contribution in [0, 0.1) is 0 Å². The summed E-state index contributed by atoms with van der Waals surface area (Å²) in [5.74, 6) is 0.128. The largest absolute Gasteiger partial charge is 0.465 e. The van der Waals surface area contributed by atoms with Gasteiger partial charge in [-0.3, -0.25) is 14.5 Å². The number of carbonyl (C=O) groups is 2. The summed E-state index contributed by atoms with van der Waals surface area (Å²) in [6.07, 6.45) is 3.10. The van der Waals surface area contributed by atoms with Crippen molar-refractivity contribution in [2.45, 2.75) is 46.5 Å². The van der Waals surface area contributed by atoms with Crippen LogP contribution in [-0.4, -0.2) is 42.9 Å². The monoisotopic (exact) mass is 243 g/mol. The maximum atomic E-state index is 11.3. The minimum absolute atomic E-state index is 0.169. The highest BCUT2D eigenvalue weighted by atomic mass is 16.5. The van der Waals surface area contributed by atoms with Crippen molar-refractivity contribution in [2.75, 3.05) is 26.2 Å². The van der Waals surface area contributed by atoms with Gasteiger partial charge in [-0.05, 0) is 6.42 Å². The lowest BCUT2D eigenvalue weighted by atomic mass is 10.1. The van der Waals surface area contributed by atoms with Crippen LogP contribution in [0.25, 0.3) is 0 Å². The van der Waals surface area contributed by atoms with Gasteiger partial charge >= 0.3 is 5.97 Å². The summed E-state index contributed by atoms with van der Waals surface area (Å²) in [6.45, 7) is 8.30. The molecule has 1 saturated heterocycles. The van der Waals surface area contributed by atoms with E-state index in [0.29, 0.717) is 44.9 Å². The lowest BCUT2D eigenvalue weighted by molar-refractivity contribution is -0.146. The maximum absolute atomic E-state index is 11.3. The summed E-state index contributed by atoms with van der Waals surface area (Å²) in [4.78, 5) is 24.3. The van der Waals surface area contributed by atoms with Crippen molar-refractivity contribution < 1.29 is 14.3 Å². The van der Waals surface area contributed by atoms with E-state index >= 15 is 0 Å². The molecule has 0 N–H and O–H groups in total. The van der Waals surface area contributed by atoms with E-state index in [2.05, 4.69) is 6.92 Å². The smallest absolute Gasteiger partial charge is 0.320 e. The first-order chi connectivity index (χ1) is 8.22. The van der Waals surface area contributed by atoms with Crippen LogP contribution in [0.2, 0.25) is 0 Å². The number of carbonyl (C=O) groups excluding carboxylic acids is 2. The Labute approximate surface area is 104 Å². The van der Waals surface area contributed by atoms with Crippen molar-refractivity contribution in [3.8, 4) is 0 Å². The van der Waals surface area contributed by atoms with Crippen LogP contribution >= 0.6 is 0 Å². The van der Waals surface area contributed by atoms with Gasteiger partial charge in [-0.2, -0.15) is 0 Å². The highest BCUT2D eigenvalue weighted by Crippen LogP contribution is 2.05. The summed E-state index contributed by atoms with van der Waals surface area (Å²) in [5.41, 5.74) is 0. The van der Waals surface area contributed by atoms with Crippen molar-refractivity contribution >= 4 is 11.8 Å². The highest BCUT2D eigenvalue weighted by molar-refractivity contribution is 5.80. The Kier molecular flexibility index (Phi) is 9.72. The second kappa shape index (κ2) is 10.3. The predicted molar refractivity (Wildman–Crippen MR) is 67.9 cm³/mol. The molecule has 1 rings (SSSR count). The van der Waals surface area contributed by atoms with Gasteiger partial charge in [0.15, 0.2) is 0 Å². The molecule has 0 spiro atoms. The number of rotatable bonds is 5. The SMILES string of the molecule is CC.CCCCOC(=O)CN1CCC(=O)CC1. The lowest BCUT2D eigenvalue weighted by Gasteiger charge is -2.24. The summed E-state index contributed by atoms with van der Waals surface area (Å²) in [5, 5.41) is 0. The Morgan fingerprint density at radius 2 is 1.88 bits per heavy atom. The number of likely N-dealkylation sites (tertiary alicyclic amines) is 1. The number of piperidine rings is 1. The number of unbranched alkanes of at least 4 members (excludes halogenated alkanes) is 1. The minimum atomic E-state index is -0.169. The maximum Gasteiger partial charge on any atom is 0.320 e. The van der Waals surface area contributed by atoms with Crippen LogP contribution in [0.4, 0.5) is 0 Å². The van der Waals surface area contributed by atoms with Crippen LogP contribution < -0.4 is 0 Å². The normalized spacial score (nSPS) is 16.1. The van der Waals surface area contributed by atoms with Crippen LogP contribution in [-0.2, 0) is 14.3 Å². The van der Waals surface area contributed by atoms with Crippen molar-refractivity contribution in [1.82, 2.24) is 4.90 Å². The van der Waals surface area contributed by atoms with Crippen molar-refractivity contribution in [2.24, 2.45) is 0 Å². The average Bonchev–Trinajstić information content (AvgIpc) is 2.35. The topological polar surface area (TPSA) is 46.6 Å². The second-order valence-corrected chi connectivity index (χ2v) is 3.89.